The zero-order chi connectivity index (χ0) is 17.5. The van der Waals surface area contributed by atoms with Gasteiger partial charge in [0.1, 0.15) is 11.5 Å². The molecular formula is C20H25ClN2O2. The summed E-state index contributed by atoms with van der Waals surface area (Å²) >= 11 is 6.09. The van der Waals surface area contributed by atoms with E-state index in [9.17, 15) is 0 Å². The van der Waals surface area contributed by atoms with Crippen molar-refractivity contribution < 1.29 is 9.47 Å². The Balaban J connectivity index is 1.35. The Morgan fingerprint density at radius 3 is 2.36 bits per heavy atom. The molecule has 0 unspecified atom stereocenters. The van der Waals surface area contributed by atoms with Crippen molar-refractivity contribution in [3.05, 3.63) is 53.6 Å². The molecule has 0 saturated carbocycles. The van der Waals surface area contributed by atoms with Crippen LogP contribution in [0.25, 0.3) is 0 Å². The second kappa shape index (κ2) is 8.97. The van der Waals surface area contributed by atoms with Gasteiger partial charge in [-0.25, -0.2) is 0 Å². The minimum absolute atomic E-state index is 0.737. The number of anilines is 1. The third-order valence-corrected chi connectivity index (χ3v) is 4.73. The highest BCUT2D eigenvalue weighted by molar-refractivity contribution is 6.30. The quantitative estimate of drug-likeness (QED) is 0.698. The Bertz CT molecular complexity index is 655. The van der Waals surface area contributed by atoms with Gasteiger partial charge in [0.05, 0.1) is 13.7 Å². The van der Waals surface area contributed by atoms with Gasteiger partial charge >= 0.3 is 0 Å². The van der Waals surface area contributed by atoms with Crippen molar-refractivity contribution in [2.24, 2.45) is 0 Å². The molecule has 0 atom stereocenters. The molecule has 1 aliphatic rings. The molecule has 5 heteroatoms. The van der Waals surface area contributed by atoms with Crippen LogP contribution in [0, 0.1) is 0 Å². The van der Waals surface area contributed by atoms with E-state index in [-0.39, 0.29) is 0 Å². The smallest absolute Gasteiger partial charge is 0.119 e. The Morgan fingerprint density at radius 1 is 0.960 bits per heavy atom. The van der Waals surface area contributed by atoms with Gasteiger partial charge in [-0.2, -0.15) is 0 Å². The molecule has 0 N–H and O–H groups in total. The lowest BCUT2D eigenvalue weighted by Crippen LogP contribution is -2.46. The number of rotatable bonds is 7. The zero-order valence-corrected chi connectivity index (χ0v) is 15.4. The van der Waals surface area contributed by atoms with E-state index < -0.39 is 0 Å². The van der Waals surface area contributed by atoms with Gasteiger partial charge in [0, 0.05) is 43.4 Å². The van der Waals surface area contributed by atoms with Crippen LogP contribution in [0.3, 0.4) is 0 Å². The van der Waals surface area contributed by atoms with Crippen LogP contribution in [0.4, 0.5) is 5.69 Å². The van der Waals surface area contributed by atoms with Crippen LogP contribution in [-0.4, -0.2) is 51.3 Å². The molecule has 3 rings (SSSR count). The molecule has 2 aromatic carbocycles. The highest BCUT2D eigenvalue weighted by Crippen LogP contribution is 2.21. The van der Waals surface area contributed by atoms with Crippen LogP contribution < -0.4 is 14.4 Å². The van der Waals surface area contributed by atoms with Crippen LogP contribution in [0.1, 0.15) is 6.42 Å². The highest BCUT2D eigenvalue weighted by atomic mass is 35.5. The highest BCUT2D eigenvalue weighted by Gasteiger charge is 2.16. The number of ether oxygens (including phenoxy) is 2. The molecule has 0 radical (unpaired) electrons. The third kappa shape index (κ3) is 5.28. The van der Waals surface area contributed by atoms with E-state index in [2.05, 4.69) is 15.9 Å². The van der Waals surface area contributed by atoms with Crippen LogP contribution >= 0.6 is 11.6 Å². The fourth-order valence-electron chi connectivity index (χ4n) is 3.05. The Labute approximate surface area is 154 Å². The third-order valence-electron chi connectivity index (χ3n) is 4.49. The molecule has 1 aliphatic heterocycles. The van der Waals surface area contributed by atoms with Gasteiger partial charge in [-0.05, 0) is 48.9 Å². The molecule has 0 bridgehead atoms. The summed E-state index contributed by atoms with van der Waals surface area (Å²) in [5, 5.41) is 0.801. The molecule has 134 valence electrons. The minimum atomic E-state index is 0.737. The van der Waals surface area contributed by atoms with Gasteiger partial charge in [0.15, 0.2) is 0 Å². The molecule has 0 aromatic heterocycles. The maximum atomic E-state index is 6.09. The average molecular weight is 361 g/mol. The number of nitrogens with zero attached hydrogens (tertiary/aromatic N) is 2. The molecule has 0 amide bonds. The molecule has 0 aliphatic carbocycles. The topological polar surface area (TPSA) is 24.9 Å². The van der Waals surface area contributed by atoms with E-state index in [0.29, 0.717) is 0 Å². The summed E-state index contributed by atoms with van der Waals surface area (Å²) in [5.74, 6) is 1.75. The first kappa shape index (κ1) is 17.9. The maximum absolute atomic E-state index is 6.09. The van der Waals surface area contributed by atoms with Crippen LogP contribution in [0.15, 0.2) is 48.5 Å². The first-order valence-corrected chi connectivity index (χ1v) is 9.12. The molecule has 4 nitrogen and oxygen atoms in total. The molecule has 25 heavy (non-hydrogen) atoms. The number of hydrogen-bond acceptors (Lipinski definition) is 4. The Morgan fingerprint density at radius 2 is 1.68 bits per heavy atom. The van der Waals surface area contributed by atoms with Gasteiger partial charge in [-0.3, -0.25) is 4.90 Å². The van der Waals surface area contributed by atoms with Crippen molar-refractivity contribution in [2.45, 2.75) is 6.42 Å². The lowest BCUT2D eigenvalue weighted by molar-refractivity contribution is 0.224. The minimum Gasteiger partial charge on any atom is -0.497 e. The predicted octanol–water partition coefficient (Wildman–Crippen LogP) is 3.94. The summed E-state index contributed by atoms with van der Waals surface area (Å²) in [5.41, 5.74) is 1.22. The first-order chi connectivity index (χ1) is 12.2. The molecule has 2 aromatic rings. The standard InChI is InChI=1S/C20H25ClN2O2/c1-24-19-6-8-20(9-7-19)25-15-3-10-22-11-13-23(14-12-22)18-5-2-4-17(21)16-18/h2,4-9,16H,3,10-15H2,1H3. The van der Waals surface area contributed by atoms with Crippen molar-refractivity contribution in [1.82, 2.24) is 4.90 Å². The average Bonchev–Trinajstić information content (AvgIpc) is 2.66. The number of piperazine rings is 1. The van der Waals surface area contributed by atoms with Crippen molar-refractivity contribution in [1.29, 1.82) is 0 Å². The van der Waals surface area contributed by atoms with E-state index in [0.717, 1.165) is 62.3 Å². The van der Waals surface area contributed by atoms with Crippen LogP contribution in [0.2, 0.25) is 5.02 Å². The molecule has 1 fully saturated rings. The fourth-order valence-corrected chi connectivity index (χ4v) is 3.24. The Kier molecular flexibility index (Phi) is 6.42. The summed E-state index contributed by atoms with van der Waals surface area (Å²) < 4.78 is 10.9. The fraction of sp³-hybridized carbons (Fsp3) is 0.400. The van der Waals surface area contributed by atoms with Crippen molar-refractivity contribution in [3.63, 3.8) is 0 Å². The maximum Gasteiger partial charge on any atom is 0.119 e. The number of hydrogen-bond donors (Lipinski definition) is 0. The SMILES string of the molecule is COc1ccc(OCCCN2CCN(c3cccc(Cl)c3)CC2)cc1. The monoisotopic (exact) mass is 360 g/mol. The predicted molar refractivity (Wildman–Crippen MR) is 103 cm³/mol. The summed E-state index contributed by atoms with van der Waals surface area (Å²) in [6.45, 7) is 6.05. The van der Waals surface area contributed by atoms with Gasteiger partial charge in [-0.1, -0.05) is 17.7 Å². The summed E-state index contributed by atoms with van der Waals surface area (Å²) in [7, 11) is 1.67. The molecule has 0 spiro atoms. The molecule has 1 saturated heterocycles. The normalized spacial score (nSPS) is 15.2. The second-order valence-electron chi connectivity index (χ2n) is 6.19. The van der Waals surface area contributed by atoms with Crippen molar-refractivity contribution in [2.75, 3.05) is 51.3 Å². The number of methoxy groups -OCH3 is 1. The summed E-state index contributed by atoms with van der Waals surface area (Å²) in [6, 6.07) is 15.8. The van der Waals surface area contributed by atoms with E-state index in [1.165, 1.54) is 5.69 Å². The zero-order valence-electron chi connectivity index (χ0n) is 14.7. The molecular weight excluding hydrogens is 336 g/mol. The van der Waals surface area contributed by atoms with Crippen molar-refractivity contribution in [3.8, 4) is 11.5 Å². The lowest BCUT2D eigenvalue weighted by atomic mass is 10.2. The van der Waals surface area contributed by atoms with Gasteiger partial charge < -0.3 is 14.4 Å². The second-order valence-corrected chi connectivity index (χ2v) is 6.62. The summed E-state index contributed by atoms with van der Waals surface area (Å²) in [4.78, 5) is 4.90. The van der Waals surface area contributed by atoms with E-state index in [1.54, 1.807) is 7.11 Å². The van der Waals surface area contributed by atoms with Gasteiger partial charge in [-0.15, -0.1) is 0 Å². The van der Waals surface area contributed by atoms with Gasteiger partial charge in [0.2, 0.25) is 0 Å². The molecule has 1 heterocycles. The van der Waals surface area contributed by atoms with Crippen molar-refractivity contribution >= 4 is 17.3 Å². The number of benzene rings is 2. The summed E-state index contributed by atoms with van der Waals surface area (Å²) in [6.07, 6.45) is 1.03. The number of halogens is 1. The van der Waals surface area contributed by atoms with E-state index in [1.807, 2.05) is 42.5 Å². The van der Waals surface area contributed by atoms with E-state index >= 15 is 0 Å². The Hall–Kier alpha value is -1.91. The van der Waals surface area contributed by atoms with Crippen LogP contribution in [0.5, 0.6) is 11.5 Å². The lowest BCUT2D eigenvalue weighted by Gasteiger charge is -2.36. The van der Waals surface area contributed by atoms with Gasteiger partial charge in [0.25, 0.3) is 0 Å². The van der Waals surface area contributed by atoms with E-state index in [4.69, 9.17) is 21.1 Å². The largest absolute Gasteiger partial charge is 0.497 e. The first-order valence-electron chi connectivity index (χ1n) is 8.74. The van der Waals surface area contributed by atoms with Crippen LogP contribution in [-0.2, 0) is 0 Å².